The topological polar surface area (TPSA) is 97.6 Å². The van der Waals surface area contributed by atoms with E-state index in [1.54, 1.807) is 0 Å². The molecule has 0 spiro atoms. The summed E-state index contributed by atoms with van der Waals surface area (Å²) in [4.78, 5) is 24.1. The van der Waals surface area contributed by atoms with Crippen LogP contribution in [0.5, 0.6) is 0 Å². The van der Waals surface area contributed by atoms with Gasteiger partial charge in [0.15, 0.2) is 0 Å². The highest BCUT2D eigenvalue weighted by Crippen LogP contribution is 2.27. The van der Waals surface area contributed by atoms with Crippen LogP contribution >= 0.6 is 15.9 Å². The maximum absolute atomic E-state index is 11.2. The smallest absolute Gasteiger partial charge is 0.323 e. The van der Waals surface area contributed by atoms with E-state index in [0.717, 1.165) is 26.9 Å². The van der Waals surface area contributed by atoms with Gasteiger partial charge >= 0.3 is 5.69 Å². The van der Waals surface area contributed by atoms with Crippen molar-refractivity contribution >= 4 is 27.0 Å². The van der Waals surface area contributed by atoms with E-state index in [1.165, 1.54) is 0 Å². The monoisotopic (exact) mass is 322 g/mol. The molecule has 0 radical (unpaired) electrons. The number of aliphatic hydroxyl groups is 1. The lowest BCUT2D eigenvalue weighted by Gasteiger charge is -1.97. The molecule has 3 aromatic rings. The van der Waals surface area contributed by atoms with Crippen LogP contribution in [-0.2, 0) is 6.42 Å². The first-order valence-electron chi connectivity index (χ1n) is 5.75. The molecular weight excluding hydrogens is 312 g/mol. The Morgan fingerprint density at radius 2 is 2.00 bits per heavy atom. The number of aliphatic hydroxyl groups excluding tert-OH is 1. The summed E-state index contributed by atoms with van der Waals surface area (Å²) in [5.41, 5.74) is 2.91. The van der Waals surface area contributed by atoms with Gasteiger partial charge < -0.3 is 20.1 Å². The van der Waals surface area contributed by atoms with Gasteiger partial charge in [-0.1, -0.05) is 6.07 Å². The first-order chi connectivity index (χ1) is 9.17. The lowest BCUT2D eigenvalue weighted by Crippen LogP contribution is -1.99. The zero-order valence-corrected chi connectivity index (χ0v) is 11.4. The number of nitrogens with one attached hydrogen (secondary N) is 3. The lowest BCUT2D eigenvalue weighted by atomic mass is 10.1. The van der Waals surface area contributed by atoms with Crippen LogP contribution in [-0.4, -0.2) is 31.6 Å². The van der Waals surface area contributed by atoms with Crippen molar-refractivity contribution in [3.8, 4) is 11.3 Å². The number of hydrogen-bond donors (Lipinski definition) is 4. The third kappa shape index (κ3) is 2.22. The van der Waals surface area contributed by atoms with Crippen molar-refractivity contribution in [1.29, 1.82) is 0 Å². The Balaban J connectivity index is 2.10. The molecule has 2 aromatic heterocycles. The number of rotatable bonds is 3. The van der Waals surface area contributed by atoms with E-state index in [4.69, 9.17) is 5.11 Å². The Labute approximate surface area is 116 Å². The average molecular weight is 323 g/mol. The standard InChI is InChI=1S/C12H11BrN4O2/c13-11-10(16-9(17-11)3-4-18)6-1-2-7-8(5-6)15-12(19)14-7/h1-2,5,18H,3-4H2,(H,16,17)(H2,14,15,19). The summed E-state index contributed by atoms with van der Waals surface area (Å²) in [5, 5.41) is 8.92. The molecule has 0 aliphatic heterocycles. The van der Waals surface area contributed by atoms with E-state index in [2.05, 4.69) is 35.9 Å². The Morgan fingerprint density at radius 3 is 2.79 bits per heavy atom. The van der Waals surface area contributed by atoms with Gasteiger partial charge in [0.05, 0.1) is 17.6 Å². The molecule has 6 nitrogen and oxygen atoms in total. The minimum absolute atomic E-state index is 0.0452. The normalized spacial score (nSPS) is 11.3. The molecule has 7 heteroatoms. The summed E-state index contributed by atoms with van der Waals surface area (Å²) in [6.07, 6.45) is 0.474. The second kappa shape index (κ2) is 4.67. The molecule has 19 heavy (non-hydrogen) atoms. The second-order valence-corrected chi connectivity index (χ2v) is 4.95. The molecule has 1 aromatic carbocycles. The molecule has 0 unspecified atom stereocenters. The van der Waals surface area contributed by atoms with Crippen LogP contribution in [0.25, 0.3) is 22.3 Å². The Morgan fingerprint density at radius 1 is 1.21 bits per heavy atom. The van der Waals surface area contributed by atoms with E-state index in [9.17, 15) is 4.79 Å². The molecule has 0 aliphatic rings. The van der Waals surface area contributed by atoms with Crippen molar-refractivity contribution in [3.05, 3.63) is 39.1 Å². The predicted octanol–water partition coefficient (Wildman–Crippen LogP) is 1.54. The first kappa shape index (κ1) is 12.2. The molecule has 2 heterocycles. The first-order valence-corrected chi connectivity index (χ1v) is 6.54. The van der Waals surface area contributed by atoms with Crippen LogP contribution in [0.2, 0.25) is 0 Å². The molecular formula is C12H11BrN4O2. The van der Waals surface area contributed by atoms with E-state index < -0.39 is 0 Å². The zero-order chi connectivity index (χ0) is 13.4. The quantitative estimate of drug-likeness (QED) is 0.588. The fourth-order valence-electron chi connectivity index (χ4n) is 1.99. The van der Waals surface area contributed by atoms with Gasteiger partial charge in [-0.05, 0) is 28.1 Å². The molecule has 0 amide bonds. The zero-order valence-electron chi connectivity index (χ0n) is 9.83. The summed E-state index contributed by atoms with van der Waals surface area (Å²) in [6, 6.07) is 5.57. The van der Waals surface area contributed by atoms with Gasteiger partial charge in [-0.15, -0.1) is 0 Å². The minimum Gasteiger partial charge on any atom is -0.396 e. The number of benzene rings is 1. The molecule has 0 fully saturated rings. The molecule has 0 atom stereocenters. The maximum atomic E-state index is 11.2. The van der Waals surface area contributed by atoms with E-state index in [-0.39, 0.29) is 12.3 Å². The summed E-state index contributed by atoms with van der Waals surface area (Å²) >= 11 is 3.41. The summed E-state index contributed by atoms with van der Waals surface area (Å²) in [6.45, 7) is 0.0452. The van der Waals surface area contributed by atoms with Crippen LogP contribution in [0.1, 0.15) is 5.82 Å². The Kier molecular flexibility index (Phi) is 3.00. The second-order valence-electron chi connectivity index (χ2n) is 4.16. The van der Waals surface area contributed by atoms with Crippen LogP contribution in [0.3, 0.4) is 0 Å². The van der Waals surface area contributed by atoms with Crippen LogP contribution in [0.4, 0.5) is 0 Å². The minimum atomic E-state index is -0.228. The van der Waals surface area contributed by atoms with Gasteiger partial charge in [-0.25, -0.2) is 9.78 Å². The van der Waals surface area contributed by atoms with Crippen molar-refractivity contribution in [3.63, 3.8) is 0 Å². The predicted molar refractivity (Wildman–Crippen MR) is 75.0 cm³/mol. The van der Waals surface area contributed by atoms with Gasteiger partial charge in [0, 0.05) is 12.0 Å². The van der Waals surface area contributed by atoms with Crippen LogP contribution < -0.4 is 5.69 Å². The van der Waals surface area contributed by atoms with Gasteiger partial charge in [0.1, 0.15) is 16.1 Å². The number of aromatic nitrogens is 4. The lowest BCUT2D eigenvalue weighted by molar-refractivity contribution is 0.297. The fraction of sp³-hybridized carbons (Fsp3) is 0.167. The summed E-state index contributed by atoms with van der Waals surface area (Å²) in [5.74, 6) is 0.715. The number of H-pyrrole nitrogens is 3. The van der Waals surface area contributed by atoms with Crippen molar-refractivity contribution in [1.82, 2.24) is 19.9 Å². The molecule has 0 bridgehead atoms. The third-order valence-electron chi connectivity index (χ3n) is 2.85. The highest BCUT2D eigenvalue weighted by atomic mass is 79.9. The van der Waals surface area contributed by atoms with Gasteiger partial charge in [0.2, 0.25) is 0 Å². The van der Waals surface area contributed by atoms with E-state index in [1.807, 2.05) is 18.2 Å². The highest BCUT2D eigenvalue weighted by molar-refractivity contribution is 9.10. The van der Waals surface area contributed by atoms with Gasteiger partial charge in [0.25, 0.3) is 0 Å². The maximum Gasteiger partial charge on any atom is 0.323 e. The average Bonchev–Trinajstić information content (AvgIpc) is 2.90. The third-order valence-corrected chi connectivity index (χ3v) is 3.42. The highest BCUT2D eigenvalue weighted by Gasteiger charge is 2.11. The number of fused-ring (bicyclic) bond motifs is 1. The number of imidazole rings is 2. The van der Waals surface area contributed by atoms with Gasteiger partial charge in [-0.3, -0.25) is 0 Å². The van der Waals surface area contributed by atoms with Crippen molar-refractivity contribution in [2.24, 2.45) is 0 Å². The molecule has 0 saturated carbocycles. The Hall–Kier alpha value is -1.86. The SMILES string of the molecule is O=c1[nH]c2ccc(-c3nc(CCO)[nH]c3Br)cc2[nH]1. The molecule has 98 valence electrons. The van der Waals surface area contributed by atoms with Crippen LogP contribution in [0, 0.1) is 0 Å². The van der Waals surface area contributed by atoms with Crippen LogP contribution in [0.15, 0.2) is 27.6 Å². The van der Waals surface area contributed by atoms with Crippen molar-refractivity contribution < 1.29 is 5.11 Å². The Bertz CT molecular complexity index is 786. The van der Waals surface area contributed by atoms with Gasteiger partial charge in [-0.2, -0.15) is 0 Å². The van der Waals surface area contributed by atoms with E-state index >= 15 is 0 Å². The number of hydrogen-bond acceptors (Lipinski definition) is 3. The molecule has 4 N–H and O–H groups in total. The number of halogens is 1. The van der Waals surface area contributed by atoms with Crippen molar-refractivity contribution in [2.75, 3.05) is 6.61 Å². The fourth-order valence-corrected chi connectivity index (χ4v) is 2.54. The molecule has 3 rings (SSSR count). The number of aromatic amines is 3. The molecule has 0 aliphatic carbocycles. The molecule has 0 saturated heterocycles. The largest absolute Gasteiger partial charge is 0.396 e. The van der Waals surface area contributed by atoms with Crippen molar-refractivity contribution in [2.45, 2.75) is 6.42 Å². The summed E-state index contributed by atoms with van der Waals surface area (Å²) in [7, 11) is 0. The number of nitrogens with zero attached hydrogens (tertiary/aromatic N) is 1. The summed E-state index contributed by atoms with van der Waals surface area (Å²) < 4.78 is 0.758. The van der Waals surface area contributed by atoms with E-state index in [0.29, 0.717) is 12.2 Å².